The first-order valence-corrected chi connectivity index (χ1v) is 19.8. The Labute approximate surface area is 338 Å². The summed E-state index contributed by atoms with van der Waals surface area (Å²) < 4.78 is 0. The fourth-order valence-electron chi connectivity index (χ4n) is 7.61. The van der Waals surface area contributed by atoms with Crippen molar-refractivity contribution in [2.75, 3.05) is 13.1 Å². The number of nitrogens with one attached hydrogen (secondary N) is 3. The Morgan fingerprint density at radius 3 is 1.57 bits per heavy atom. The van der Waals surface area contributed by atoms with E-state index in [1.807, 2.05) is 44.2 Å². The zero-order chi connectivity index (χ0) is 41.9. The molecular formula is C43H54N6O9. The first-order chi connectivity index (χ1) is 27.7. The van der Waals surface area contributed by atoms with Gasteiger partial charge >= 0.3 is 5.97 Å². The average molecular weight is 799 g/mol. The Kier molecular flexibility index (Phi) is 14.8. The highest BCUT2D eigenvalue weighted by atomic mass is 16.4. The molecular weight excluding hydrogens is 745 g/mol. The van der Waals surface area contributed by atoms with Gasteiger partial charge in [0, 0.05) is 25.9 Å². The fraction of sp³-hybridized carbons (Fsp3) is 0.442. The number of carbonyl (C=O) groups excluding carboxylic acids is 5. The average Bonchev–Trinajstić information content (AvgIpc) is 3.90. The van der Waals surface area contributed by atoms with Crippen molar-refractivity contribution in [3.05, 3.63) is 95.6 Å². The fourth-order valence-corrected chi connectivity index (χ4v) is 7.61. The van der Waals surface area contributed by atoms with Gasteiger partial charge in [-0.3, -0.25) is 24.0 Å². The van der Waals surface area contributed by atoms with Gasteiger partial charge in [0.1, 0.15) is 41.7 Å². The van der Waals surface area contributed by atoms with E-state index >= 15 is 0 Å². The van der Waals surface area contributed by atoms with Gasteiger partial charge in [-0.1, -0.05) is 68.4 Å². The number of likely N-dealkylation sites (tertiary alicyclic amines) is 2. The molecule has 8 N–H and O–H groups in total. The number of nitrogens with two attached hydrogens (primary N) is 1. The topological polar surface area (TPSA) is 232 Å². The van der Waals surface area contributed by atoms with Crippen molar-refractivity contribution in [2.45, 2.75) is 101 Å². The van der Waals surface area contributed by atoms with E-state index in [0.29, 0.717) is 36.8 Å². The van der Waals surface area contributed by atoms with Crippen LogP contribution in [0.4, 0.5) is 0 Å². The molecule has 2 aliphatic rings. The monoisotopic (exact) mass is 798 g/mol. The van der Waals surface area contributed by atoms with E-state index in [4.69, 9.17) is 5.73 Å². The number of phenolic OH excluding ortho intramolecular Hbond substituents is 2. The molecule has 0 bridgehead atoms. The summed E-state index contributed by atoms with van der Waals surface area (Å²) in [6, 6.07) is 15.1. The number of carboxylic acids is 1. The minimum Gasteiger partial charge on any atom is -0.508 e. The lowest BCUT2D eigenvalue weighted by atomic mass is 10.00. The van der Waals surface area contributed by atoms with Crippen LogP contribution in [-0.2, 0) is 48.0 Å². The summed E-state index contributed by atoms with van der Waals surface area (Å²) in [5, 5.41) is 37.7. The third-order valence-electron chi connectivity index (χ3n) is 10.6. The van der Waals surface area contributed by atoms with Crippen LogP contribution in [0.25, 0.3) is 0 Å². The molecule has 0 aromatic heterocycles. The molecule has 2 aliphatic heterocycles. The third-order valence-corrected chi connectivity index (χ3v) is 10.6. The number of carboxylic acid groups (broad SMARTS) is 1. The largest absolute Gasteiger partial charge is 0.508 e. The first kappa shape index (κ1) is 43.2. The summed E-state index contributed by atoms with van der Waals surface area (Å²) >= 11 is 0. The van der Waals surface area contributed by atoms with Crippen molar-refractivity contribution in [3.63, 3.8) is 0 Å². The van der Waals surface area contributed by atoms with Crippen LogP contribution in [0.3, 0.4) is 0 Å². The summed E-state index contributed by atoms with van der Waals surface area (Å²) in [5.74, 6) is -3.92. The third kappa shape index (κ3) is 11.6. The van der Waals surface area contributed by atoms with E-state index in [0.717, 1.165) is 5.56 Å². The van der Waals surface area contributed by atoms with Gasteiger partial charge in [-0.05, 0) is 85.4 Å². The number of amides is 5. The molecule has 0 aliphatic carbocycles. The number of aromatic hydroxyl groups is 2. The van der Waals surface area contributed by atoms with E-state index in [1.54, 1.807) is 24.3 Å². The molecule has 0 saturated carbocycles. The number of hydrogen-bond acceptors (Lipinski definition) is 9. The highest BCUT2D eigenvalue weighted by molar-refractivity contribution is 5.97. The molecule has 58 heavy (non-hydrogen) atoms. The van der Waals surface area contributed by atoms with Crippen molar-refractivity contribution >= 4 is 35.5 Å². The van der Waals surface area contributed by atoms with E-state index in [2.05, 4.69) is 16.0 Å². The number of aliphatic carboxylic acids is 1. The minimum absolute atomic E-state index is 0.000294. The highest BCUT2D eigenvalue weighted by Gasteiger charge is 2.42. The molecule has 0 radical (unpaired) electrons. The SMILES string of the molecule is CC(C)C[C@H](NC(=O)[C@@H](N)Cc1ccccc1)C(=O)N1CCC[C@H]1C(=O)N[C@@H](Cc1ccc(O)cc1)C(=O)N1CCC[C@H]1C(=O)N[C@@H](Cc1ccc(O)cc1)C(=O)O. The predicted octanol–water partition coefficient (Wildman–Crippen LogP) is 2.02. The Bertz CT molecular complexity index is 1910. The van der Waals surface area contributed by atoms with Gasteiger partial charge in [-0.15, -0.1) is 0 Å². The van der Waals surface area contributed by atoms with Crippen molar-refractivity contribution in [1.29, 1.82) is 0 Å². The molecule has 310 valence electrons. The van der Waals surface area contributed by atoms with Crippen LogP contribution in [0, 0.1) is 5.92 Å². The number of rotatable bonds is 17. The van der Waals surface area contributed by atoms with Gasteiger partial charge in [0.05, 0.1) is 6.04 Å². The van der Waals surface area contributed by atoms with Crippen LogP contribution in [0.5, 0.6) is 11.5 Å². The van der Waals surface area contributed by atoms with Crippen LogP contribution in [-0.4, -0.2) is 110 Å². The molecule has 0 spiro atoms. The number of benzene rings is 3. The van der Waals surface area contributed by atoms with Crippen molar-refractivity contribution in [2.24, 2.45) is 11.7 Å². The maximum atomic E-state index is 14.4. The number of hydrogen-bond donors (Lipinski definition) is 7. The number of nitrogens with zero attached hydrogens (tertiary/aromatic N) is 2. The molecule has 5 amide bonds. The molecule has 2 heterocycles. The summed E-state index contributed by atoms with van der Waals surface area (Å²) in [5.41, 5.74) is 8.32. The van der Waals surface area contributed by atoms with Crippen molar-refractivity contribution in [3.8, 4) is 11.5 Å². The van der Waals surface area contributed by atoms with E-state index in [-0.39, 0.29) is 56.2 Å². The zero-order valence-electron chi connectivity index (χ0n) is 32.9. The second-order valence-corrected chi connectivity index (χ2v) is 15.6. The molecule has 15 heteroatoms. The molecule has 3 aromatic carbocycles. The molecule has 15 nitrogen and oxygen atoms in total. The molecule has 0 unspecified atom stereocenters. The van der Waals surface area contributed by atoms with Gasteiger partial charge in [0.2, 0.25) is 29.5 Å². The lowest BCUT2D eigenvalue weighted by Crippen LogP contribution is -2.59. The predicted molar refractivity (Wildman–Crippen MR) is 214 cm³/mol. The Hall–Kier alpha value is -5.96. The second-order valence-electron chi connectivity index (χ2n) is 15.6. The maximum Gasteiger partial charge on any atom is 0.326 e. The Morgan fingerprint density at radius 2 is 1.09 bits per heavy atom. The van der Waals surface area contributed by atoms with Gasteiger partial charge in [0.15, 0.2) is 0 Å². The molecule has 2 fully saturated rings. The van der Waals surface area contributed by atoms with E-state index in [1.165, 1.54) is 34.1 Å². The zero-order valence-corrected chi connectivity index (χ0v) is 32.9. The summed E-state index contributed by atoms with van der Waals surface area (Å²) in [4.78, 5) is 84.6. The highest BCUT2D eigenvalue weighted by Crippen LogP contribution is 2.24. The van der Waals surface area contributed by atoms with Crippen molar-refractivity contribution in [1.82, 2.24) is 25.8 Å². The standard InChI is InChI=1S/C43H54N6O9/c1-26(2)22-33(45-38(52)32(44)23-27-8-4-3-5-9-27)41(55)48-20-6-10-36(48)39(53)46-34(24-28-12-16-30(50)17-13-28)42(56)49-21-7-11-37(49)40(54)47-35(43(57)58)25-29-14-18-31(51)19-15-29/h3-5,8-9,12-19,26,32-37,50-51H,6-7,10-11,20-25,44H2,1-2H3,(H,45,52)(H,46,53)(H,47,54)(H,57,58)/t32-,33-,34-,35-,36-,37-/m0/s1. The van der Waals surface area contributed by atoms with Gasteiger partial charge in [0.25, 0.3) is 0 Å². The van der Waals surface area contributed by atoms with E-state index < -0.39 is 71.8 Å². The summed E-state index contributed by atoms with van der Waals surface area (Å²) in [6.07, 6.45) is 2.10. The van der Waals surface area contributed by atoms with Crippen LogP contribution >= 0.6 is 0 Å². The Balaban J connectivity index is 1.31. The minimum atomic E-state index is -1.31. The molecule has 3 aromatic rings. The van der Waals surface area contributed by atoms with Crippen molar-refractivity contribution < 1.29 is 44.1 Å². The second kappa shape index (κ2) is 19.9. The Morgan fingerprint density at radius 1 is 0.638 bits per heavy atom. The quantitative estimate of drug-likeness (QED) is 0.105. The lowest BCUT2D eigenvalue weighted by Gasteiger charge is -2.32. The normalized spacial score (nSPS) is 18.6. The van der Waals surface area contributed by atoms with Crippen LogP contribution in [0.1, 0.15) is 62.6 Å². The van der Waals surface area contributed by atoms with Gasteiger partial charge in [-0.2, -0.15) is 0 Å². The molecule has 2 saturated heterocycles. The number of carbonyl (C=O) groups is 6. The van der Waals surface area contributed by atoms with Gasteiger partial charge in [-0.25, -0.2) is 4.79 Å². The maximum absolute atomic E-state index is 14.4. The van der Waals surface area contributed by atoms with Crippen LogP contribution in [0.2, 0.25) is 0 Å². The summed E-state index contributed by atoms with van der Waals surface area (Å²) in [6.45, 7) is 4.30. The van der Waals surface area contributed by atoms with Crippen LogP contribution in [0.15, 0.2) is 78.9 Å². The molecule has 6 atom stereocenters. The smallest absolute Gasteiger partial charge is 0.326 e. The summed E-state index contributed by atoms with van der Waals surface area (Å²) in [7, 11) is 0. The number of phenols is 2. The lowest BCUT2D eigenvalue weighted by molar-refractivity contribution is -0.145. The van der Waals surface area contributed by atoms with E-state index in [9.17, 15) is 44.1 Å². The van der Waals surface area contributed by atoms with Crippen LogP contribution < -0.4 is 21.7 Å². The molecule has 5 rings (SSSR count). The first-order valence-electron chi connectivity index (χ1n) is 19.8. The van der Waals surface area contributed by atoms with Gasteiger partial charge < -0.3 is 46.8 Å².